The summed E-state index contributed by atoms with van der Waals surface area (Å²) in [4.78, 5) is 0. The van der Waals surface area contributed by atoms with Gasteiger partial charge in [-0.2, -0.15) is 0 Å². The van der Waals surface area contributed by atoms with Crippen LogP contribution in [0.5, 0.6) is 0 Å². The lowest BCUT2D eigenvalue weighted by Crippen LogP contribution is -3.00. The van der Waals surface area contributed by atoms with Crippen LogP contribution in [0.25, 0.3) is 0 Å². The Balaban J connectivity index is 0. The first-order chi connectivity index (χ1) is 9.56. The van der Waals surface area contributed by atoms with Crippen LogP contribution in [0.15, 0.2) is 0 Å². The van der Waals surface area contributed by atoms with Gasteiger partial charge in [-0.1, -0.05) is 84.0 Å². The van der Waals surface area contributed by atoms with Crippen molar-refractivity contribution in [2.24, 2.45) is 0 Å². The van der Waals surface area contributed by atoms with Crippen molar-refractivity contribution in [1.29, 1.82) is 0 Å². The zero-order valence-electron chi connectivity index (χ0n) is 15.4. The van der Waals surface area contributed by atoms with Crippen LogP contribution < -0.4 is 4.70 Å². The Kier molecular flexibility index (Phi) is 17.9. The lowest BCUT2D eigenvalue weighted by Gasteiger charge is -2.23. The van der Waals surface area contributed by atoms with Gasteiger partial charge in [-0.15, -0.1) is 0 Å². The van der Waals surface area contributed by atoms with Gasteiger partial charge in [0.1, 0.15) is 0 Å². The van der Waals surface area contributed by atoms with Crippen LogP contribution in [0, 0.1) is 0 Å². The second kappa shape index (κ2) is 16.3. The maximum absolute atomic E-state index is 2.29. The number of quaternary nitrogens is 1. The van der Waals surface area contributed by atoms with Crippen LogP contribution in [0.4, 0.5) is 0 Å². The third-order valence-corrected chi connectivity index (χ3v) is 4.18. The summed E-state index contributed by atoms with van der Waals surface area (Å²) in [5.41, 5.74) is 0. The molecule has 21 heavy (non-hydrogen) atoms. The Morgan fingerprint density at radius 2 is 0.762 bits per heavy atom. The number of halogens is 1. The number of unbranched alkanes of at least 4 members (excludes halogenated alkanes) is 13. The monoisotopic (exact) mass is 303 g/mol. The fourth-order valence-corrected chi connectivity index (χ4v) is 2.78. The maximum atomic E-state index is 2.29. The van der Waals surface area contributed by atoms with Crippen molar-refractivity contribution in [3.05, 3.63) is 0 Å². The lowest BCUT2D eigenvalue weighted by molar-refractivity contribution is -0.870. The van der Waals surface area contributed by atoms with E-state index in [-0.39, 0.29) is 4.70 Å². The number of nitrogens with zero attached hydrogens (tertiary/aromatic N) is 1. The van der Waals surface area contributed by atoms with Crippen molar-refractivity contribution in [1.82, 2.24) is 0 Å². The molecule has 0 aromatic carbocycles. The molecule has 0 spiro atoms. The van der Waals surface area contributed by atoms with Gasteiger partial charge in [0.05, 0.1) is 27.7 Å². The minimum Gasteiger partial charge on any atom is -1.00 e. The van der Waals surface area contributed by atoms with Gasteiger partial charge in [0.25, 0.3) is 0 Å². The highest BCUT2D eigenvalue weighted by atomic mass is 19.0. The average Bonchev–Trinajstić information content (AvgIpc) is 2.38. The summed E-state index contributed by atoms with van der Waals surface area (Å²) in [6.45, 7) is 3.63. The van der Waals surface area contributed by atoms with E-state index in [4.69, 9.17) is 0 Å². The van der Waals surface area contributed by atoms with Gasteiger partial charge >= 0.3 is 0 Å². The largest absolute Gasteiger partial charge is 1.00 e. The van der Waals surface area contributed by atoms with Crippen LogP contribution in [0.1, 0.15) is 96.8 Å². The Labute approximate surface area is 134 Å². The van der Waals surface area contributed by atoms with Gasteiger partial charge in [0.2, 0.25) is 0 Å². The molecule has 1 nitrogen and oxygen atoms in total. The predicted octanol–water partition coefficient (Wildman–Crippen LogP) is 3.18. The Bertz CT molecular complexity index is 186. The van der Waals surface area contributed by atoms with Crippen molar-refractivity contribution in [3.63, 3.8) is 0 Å². The molecule has 0 rings (SSSR count). The van der Waals surface area contributed by atoms with Crippen molar-refractivity contribution >= 4 is 0 Å². The van der Waals surface area contributed by atoms with Gasteiger partial charge in [-0.3, -0.25) is 0 Å². The van der Waals surface area contributed by atoms with Crippen LogP contribution in [0.2, 0.25) is 0 Å². The molecule has 0 atom stereocenters. The number of hydrogen-bond acceptors (Lipinski definition) is 0. The minimum absolute atomic E-state index is 0. The first-order valence-corrected chi connectivity index (χ1v) is 9.36. The summed E-state index contributed by atoms with van der Waals surface area (Å²) in [5, 5.41) is 0. The van der Waals surface area contributed by atoms with E-state index in [0.717, 1.165) is 4.48 Å². The third-order valence-electron chi connectivity index (χ3n) is 4.18. The van der Waals surface area contributed by atoms with Crippen molar-refractivity contribution < 1.29 is 9.19 Å². The van der Waals surface area contributed by atoms with E-state index in [1.807, 2.05) is 0 Å². The molecule has 0 fully saturated rings. The Hall–Kier alpha value is -0.110. The van der Waals surface area contributed by atoms with Crippen LogP contribution in [-0.4, -0.2) is 32.2 Å². The molecule has 0 saturated carbocycles. The van der Waals surface area contributed by atoms with Crippen molar-refractivity contribution in [2.75, 3.05) is 27.7 Å². The lowest BCUT2D eigenvalue weighted by atomic mass is 10.0. The van der Waals surface area contributed by atoms with E-state index in [0.29, 0.717) is 0 Å². The van der Waals surface area contributed by atoms with Crippen LogP contribution in [0.3, 0.4) is 0 Å². The molecular weight excluding hydrogens is 261 g/mol. The second-order valence-corrected chi connectivity index (χ2v) is 7.61. The maximum Gasteiger partial charge on any atom is 0.0780 e. The van der Waals surface area contributed by atoms with Gasteiger partial charge in [0.15, 0.2) is 0 Å². The molecule has 0 aliphatic carbocycles. The molecule has 2 heteroatoms. The highest BCUT2D eigenvalue weighted by Gasteiger charge is 2.04. The number of hydrogen-bond donors (Lipinski definition) is 0. The average molecular weight is 304 g/mol. The fourth-order valence-electron chi connectivity index (χ4n) is 2.78. The van der Waals surface area contributed by atoms with Crippen LogP contribution in [-0.2, 0) is 0 Å². The quantitative estimate of drug-likeness (QED) is 0.322. The topological polar surface area (TPSA) is 0 Å². The molecule has 0 amide bonds. The second-order valence-electron chi connectivity index (χ2n) is 7.61. The summed E-state index contributed by atoms with van der Waals surface area (Å²) in [6.07, 6.45) is 20.4. The molecule has 0 aliphatic rings. The van der Waals surface area contributed by atoms with E-state index in [1.165, 1.54) is 96.4 Å². The van der Waals surface area contributed by atoms with Gasteiger partial charge < -0.3 is 9.19 Å². The molecule has 0 saturated heterocycles. The molecule has 0 radical (unpaired) electrons. The molecule has 0 aromatic rings. The summed E-state index contributed by atoms with van der Waals surface area (Å²) in [6, 6.07) is 0. The highest BCUT2D eigenvalue weighted by Crippen LogP contribution is 2.13. The molecule has 0 bridgehead atoms. The molecule has 0 N–H and O–H groups in total. The van der Waals surface area contributed by atoms with Crippen molar-refractivity contribution in [3.8, 4) is 0 Å². The summed E-state index contributed by atoms with van der Waals surface area (Å²) in [5.74, 6) is 0. The molecule has 0 aliphatic heterocycles. The van der Waals surface area contributed by atoms with Gasteiger partial charge in [-0.25, -0.2) is 0 Å². The smallest absolute Gasteiger partial charge is 0.0780 e. The Morgan fingerprint density at radius 3 is 1.05 bits per heavy atom. The molecule has 0 unspecified atom stereocenters. The zero-order valence-corrected chi connectivity index (χ0v) is 15.4. The van der Waals surface area contributed by atoms with E-state index >= 15 is 0 Å². The normalized spacial score (nSPS) is 11.4. The highest BCUT2D eigenvalue weighted by molar-refractivity contribution is 4.49. The minimum atomic E-state index is 0. The van der Waals surface area contributed by atoms with Crippen molar-refractivity contribution in [2.45, 2.75) is 96.8 Å². The zero-order chi connectivity index (χ0) is 15.1. The molecular formula is C19H42FN. The third kappa shape index (κ3) is 22.3. The number of rotatable bonds is 15. The van der Waals surface area contributed by atoms with Gasteiger partial charge in [0, 0.05) is 0 Å². The Morgan fingerprint density at radius 1 is 0.476 bits per heavy atom. The first-order valence-electron chi connectivity index (χ1n) is 9.36. The summed E-state index contributed by atoms with van der Waals surface area (Å²) < 4.78 is 1.12. The van der Waals surface area contributed by atoms with Gasteiger partial charge in [-0.05, 0) is 12.8 Å². The first kappa shape index (κ1) is 23.2. The van der Waals surface area contributed by atoms with E-state index in [9.17, 15) is 0 Å². The van der Waals surface area contributed by atoms with E-state index in [2.05, 4.69) is 28.1 Å². The fraction of sp³-hybridized carbons (Fsp3) is 1.00. The molecule has 0 aromatic heterocycles. The summed E-state index contributed by atoms with van der Waals surface area (Å²) in [7, 11) is 6.88. The summed E-state index contributed by atoms with van der Waals surface area (Å²) >= 11 is 0. The predicted molar refractivity (Wildman–Crippen MR) is 93.2 cm³/mol. The van der Waals surface area contributed by atoms with E-state index < -0.39 is 0 Å². The van der Waals surface area contributed by atoms with Crippen LogP contribution >= 0.6 is 0 Å². The standard InChI is InChI=1S/C19H42N.FH/c1-5-6-7-8-9-10-11-12-13-14-15-16-17-18-19-20(2,3)4;/h5-19H2,1-4H3;1H/q+1;/p-1. The SMILES string of the molecule is CCCCCCCCCCCCCCCC[N+](C)(C)C.[F-]. The molecule has 130 valence electrons. The van der Waals surface area contributed by atoms with E-state index in [1.54, 1.807) is 0 Å². The molecule has 0 heterocycles.